The average Bonchev–Trinajstić information content (AvgIpc) is 3.16. The Bertz CT molecular complexity index is 1030. The SMILES string of the molecule is C[C@]12CC[C@H](OC(=O)N3CCNCC3)C[C@H]1CC[C@@H]1[C@@H]2CC[C@]2(C)C(c3ccc(=O)oc3)CCC12O. The molecule has 2 unspecified atom stereocenters. The second kappa shape index (κ2) is 8.87. The molecule has 1 aromatic heterocycles. The Hall–Kier alpha value is -1.86. The predicted octanol–water partition coefficient (Wildman–Crippen LogP) is 4.29. The van der Waals surface area contributed by atoms with Crippen molar-refractivity contribution in [1.82, 2.24) is 10.2 Å². The highest BCUT2D eigenvalue weighted by atomic mass is 16.6. The van der Waals surface area contributed by atoms with Gasteiger partial charge < -0.3 is 24.5 Å². The minimum absolute atomic E-state index is 0.0163. The fourth-order valence-corrected chi connectivity index (χ4v) is 9.46. The molecule has 1 amide bonds. The molecule has 198 valence electrons. The van der Waals surface area contributed by atoms with Crippen molar-refractivity contribution in [3.05, 3.63) is 34.4 Å². The van der Waals surface area contributed by atoms with Gasteiger partial charge in [-0.15, -0.1) is 0 Å². The monoisotopic (exact) mass is 498 g/mol. The Morgan fingerprint density at radius 2 is 1.86 bits per heavy atom. The maximum atomic E-state index is 12.7. The van der Waals surface area contributed by atoms with E-state index < -0.39 is 5.60 Å². The number of hydrogen-bond acceptors (Lipinski definition) is 6. The first-order chi connectivity index (χ1) is 17.2. The van der Waals surface area contributed by atoms with Crippen LogP contribution in [0.25, 0.3) is 0 Å². The number of piperazine rings is 1. The second-order valence-corrected chi connectivity index (χ2v) is 12.9. The third kappa shape index (κ3) is 3.67. The fraction of sp³-hybridized carbons (Fsp3) is 0.793. The first kappa shape index (κ1) is 24.5. The van der Waals surface area contributed by atoms with E-state index in [1.165, 1.54) is 6.07 Å². The molecule has 8 atom stereocenters. The van der Waals surface area contributed by atoms with Crippen molar-refractivity contribution in [1.29, 1.82) is 0 Å². The standard InChI is InChI=1S/C29H42N2O5/c1-27-10-7-21(36-26(33)31-15-13-30-14-16-31)17-20(27)4-5-24-23(27)8-11-28(2)22(9-12-29(24,28)34)19-3-6-25(32)35-18-19/h3,6,18,20-24,30,34H,4-5,7-17H2,1-2H3/t20-,21+,22?,23+,24-,27+,28-,29?/m1/s1. The summed E-state index contributed by atoms with van der Waals surface area (Å²) < 4.78 is 11.2. The van der Waals surface area contributed by atoms with Crippen molar-refractivity contribution >= 4 is 6.09 Å². The Balaban J connectivity index is 1.17. The van der Waals surface area contributed by atoms with Crippen molar-refractivity contribution < 1.29 is 19.1 Å². The summed E-state index contributed by atoms with van der Waals surface area (Å²) in [6.45, 7) is 7.88. The van der Waals surface area contributed by atoms with Crippen LogP contribution in [0.4, 0.5) is 4.79 Å². The Morgan fingerprint density at radius 3 is 2.61 bits per heavy atom. The largest absolute Gasteiger partial charge is 0.446 e. The number of rotatable bonds is 2. The maximum Gasteiger partial charge on any atom is 0.410 e. The lowest BCUT2D eigenvalue weighted by Crippen LogP contribution is -2.62. The van der Waals surface area contributed by atoms with Crippen LogP contribution in [0.3, 0.4) is 0 Å². The average molecular weight is 499 g/mol. The van der Waals surface area contributed by atoms with E-state index in [0.29, 0.717) is 17.8 Å². The quantitative estimate of drug-likeness (QED) is 0.632. The molecular formula is C29H42N2O5. The summed E-state index contributed by atoms with van der Waals surface area (Å²) in [5.41, 5.74) is 0.0404. The van der Waals surface area contributed by atoms with Crippen LogP contribution in [0.1, 0.15) is 83.1 Å². The van der Waals surface area contributed by atoms with Gasteiger partial charge in [-0.25, -0.2) is 9.59 Å². The Kier molecular flexibility index (Phi) is 6.03. The third-order valence-electron chi connectivity index (χ3n) is 11.6. The molecule has 6 rings (SSSR count). The molecule has 5 aliphatic rings. The molecule has 2 heterocycles. The van der Waals surface area contributed by atoms with E-state index in [0.717, 1.165) is 89.5 Å². The number of carbonyl (C=O) groups is 1. The zero-order valence-corrected chi connectivity index (χ0v) is 21.8. The molecule has 0 radical (unpaired) electrons. The van der Waals surface area contributed by atoms with Crippen LogP contribution in [0.15, 0.2) is 27.6 Å². The highest BCUT2D eigenvalue weighted by Gasteiger charge is 2.67. The second-order valence-electron chi connectivity index (χ2n) is 12.9. The van der Waals surface area contributed by atoms with Gasteiger partial charge in [-0.05, 0) is 98.5 Å². The number of hydrogen-bond donors (Lipinski definition) is 2. The molecule has 4 aliphatic carbocycles. The molecule has 36 heavy (non-hydrogen) atoms. The molecule has 7 heteroatoms. The minimum Gasteiger partial charge on any atom is -0.446 e. The van der Waals surface area contributed by atoms with E-state index in [1.54, 1.807) is 6.26 Å². The summed E-state index contributed by atoms with van der Waals surface area (Å²) in [7, 11) is 0. The molecule has 1 aromatic rings. The maximum absolute atomic E-state index is 12.7. The van der Waals surface area contributed by atoms with Crippen LogP contribution >= 0.6 is 0 Å². The number of ether oxygens (including phenoxy) is 1. The Labute approximate surface area is 214 Å². The zero-order valence-electron chi connectivity index (χ0n) is 21.8. The zero-order chi connectivity index (χ0) is 25.1. The van der Waals surface area contributed by atoms with Gasteiger partial charge in [-0.2, -0.15) is 0 Å². The highest BCUT2D eigenvalue weighted by Crippen LogP contribution is 2.70. The van der Waals surface area contributed by atoms with Crippen molar-refractivity contribution in [3.63, 3.8) is 0 Å². The van der Waals surface area contributed by atoms with Gasteiger partial charge in [0, 0.05) is 37.7 Å². The number of nitrogens with one attached hydrogen (secondary N) is 1. The van der Waals surface area contributed by atoms with E-state index in [2.05, 4.69) is 19.2 Å². The van der Waals surface area contributed by atoms with Gasteiger partial charge in [0.05, 0.1) is 11.9 Å². The molecule has 0 bridgehead atoms. The number of aliphatic hydroxyl groups is 1. The molecule has 1 aliphatic heterocycles. The van der Waals surface area contributed by atoms with Crippen molar-refractivity contribution in [2.75, 3.05) is 26.2 Å². The van der Waals surface area contributed by atoms with E-state index >= 15 is 0 Å². The van der Waals surface area contributed by atoms with Gasteiger partial charge in [0.25, 0.3) is 0 Å². The summed E-state index contributed by atoms with van der Waals surface area (Å²) in [6, 6.07) is 3.42. The molecule has 1 saturated heterocycles. The minimum atomic E-state index is -0.684. The van der Waals surface area contributed by atoms with Gasteiger partial charge in [0.1, 0.15) is 6.10 Å². The number of carbonyl (C=O) groups excluding carboxylic acids is 1. The summed E-state index contributed by atoms with van der Waals surface area (Å²) in [4.78, 5) is 26.1. The summed E-state index contributed by atoms with van der Waals surface area (Å²) in [5.74, 6) is 1.57. The van der Waals surface area contributed by atoms with Crippen LogP contribution in [0.2, 0.25) is 0 Å². The lowest BCUT2D eigenvalue weighted by atomic mass is 9.43. The molecule has 2 N–H and O–H groups in total. The molecule has 0 aromatic carbocycles. The topological polar surface area (TPSA) is 92.0 Å². The summed E-state index contributed by atoms with van der Waals surface area (Å²) >= 11 is 0. The number of fused-ring (bicyclic) bond motifs is 5. The first-order valence-corrected chi connectivity index (χ1v) is 14.2. The van der Waals surface area contributed by atoms with Gasteiger partial charge in [0.15, 0.2) is 0 Å². The molecule has 0 spiro atoms. The van der Waals surface area contributed by atoms with Crippen molar-refractivity contribution in [2.45, 2.75) is 89.3 Å². The lowest BCUT2D eigenvalue weighted by Gasteiger charge is -2.63. The van der Waals surface area contributed by atoms with Crippen LogP contribution in [0.5, 0.6) is 0 Å². The van der Waals surface area contributed by atoms with Gasteiger partial charge in [-0.1, -0.05) is 13.8 Å². The van der Waals surface area contributed by atoms with Crippen LogP contribution < -0.4 is 10.9 Å². The normalized spacial score (nSPS) is 44.3. The van der Waals surface area contributed by atoms with Crippen molar-refractivity contribution in [2.24, 2.45) is 28.6 Å². The van der Waals surface area contributed by atoms with E-state index in [1.807, 2.05) is 11.0 Å². The van der Waals surface area contributed by atoms with E-state index in [9.17, 15) is 14.7 Å². The van der Waals surface area contributed by atoms with Gasteiger partial charge in [-0.3, -0.25) is 0 Å². The molecule has 5 fully saturated rings. The van der Waals surface area contributed by atoms with Gasteiger partial charge >= 0.3 is 11.7 Å². The molecule has 4 saturated carbocycles. The highest BCUT2D eigenvalue weighted by molar-refractivity contribution is 5.68. The predicted molar refractivity (Wildman–Crippen MR) is 136 cm³/mol. The van der Waals surface area contributed by atoms with E-state index in [4.69, 9.17) is 9.15 Å². The molecule has 7 nitrogen and oxygen atoms in total. The van der Waals surface area contributed by atoms with E-state index in [-0.39, 0.29) is 34.6 Å². The fourth-order valence-electron chi connectivity index (χ4n) is 9.46. The van der Waals surface area contributed by atoms with Crippen LogP contribution in [-0.4, -0.2) is 54.0 Å². The third-order valence-corrected chi connectivity index (χ3v) is 11.6. The van der Waals surface area contributed by atoms with Crippen molar-refractivity contribution in [3.8, 4) is 0 Å². The summed E-state index contributed by atoms with van der Waals surface area (Å²) in [6.07, 6.45) is 10.5. The smallest absolute Gasteiger partial charge is 0.410 e. The van der Waals surface area contributed by atoms with Gasteiger partial charge in [0.2, 0.25) is 0 Å². The molecular weight excluding hydrogens is 456 g/mol. The Morgan fingerprint density at radius 1 is 1.06 bits per heavy atom. The first-order valence-electron chi connectivity index (χ1n) is 14.2. The number of nitrogens with zero attached hydrogens (tertiary/aromatic N) is 1. The summed E-state index contributed by atoms with van der Waals surface area (Å²) in [5, 5.41) is 15.7. The lowest BCUT2D eigenvalue weighted by molar-refractivity contribution is -0.205. The van der Waals surface area contributed by atoms with Crippen LogP contribution in [0, 0.1) is 28.6 Å². The van der Waals surface area contributed by atoms with Crippen LogP contribution in [-0.2, 0) is 4.74 Å². The number of amides is 1.